The normalized spacial score (nSPS) is 13.5. The smallest absolute Gasteiger partial charge is 0.0613 e. The van der Waals surface area contributed by atoms with Crippen molar-refractivity contribution in [3.8, 4) is 11.3 Å². The van der Waals surface area contributed by atoms with Crippen LogP contribution in [-0.2, 0) is 20.1 Å². The average Bonchev–Trinajstić information content (AvgIpc) is 2.78. The summed E-state index contributed by atoms with van der Waals surface area (Å²) < 4.78 is 0. The van der Waals surface area contributed by atoms with Gasteiger partial charge in [0.15, 0.2) is 0 Å². The van der Waals surface area contributed by atoms with Crippen molar-refractivity contribution in [3.63, 3.8) is 0 Å². The summed E-state index contributed by atoms with van der Waals surface area (Å²) in [7, 11) is 0. The third-order valence-electron chi connectivity index (χ3n) is 6.06. The number of hydrogen-bond donors (Lipinski definition) is 2. The van der Waals surface area contributed by atoms with Gasteiger partial charge in [0, 0.05) is 32.7 Å². The molecule has 34 heavy (non-hydrogen) atoms. The minimum atomic E-state index is -0.443. The van der Waals surface area contributed by atoms with Crippen molar-refractivity contribution >= 4 is 21.5 Å². The van der Waals surface area contributed by atoms with Gasteiger partial charge >= 0.3 is 0 Å². The first-order valence-electron chi connectivity index (χ1n) is 11.6. The molecule has 0 aliphatic heterocycles. The molecule has 2 atom stereocenters. The predicted molar refractivity (Wildman–Crippen MR) is 139 cm³/mol. The van der Waals surface area contributed by atoms with Gasteiger partial charge in [-0.05, 0) is 33.4 Å². The maximum Gasteiger partial charge on any atom is 0.0613 e. The summed E-state index contributed by atoms with van der Waals surface area (Å²) in [5.74, 6) is 0. The van der Waals surface area contributed by atoms with E-state index in [2.05, 4.69) is 53.5 Å². The molecule has 1 heterocycles. The molecule has 0 aliphatic carbocycles. The van der Waals surface area contributed by atoms with Gasteiger partial charge in [-0.2, -0.15) is 0 Å². The number of fused-ring (bicyclic) bond motifs is 3. The third kappa shape index (κ3) is 7.20. The van der Waals surface area contributed by atoms with Crippen LogP contribution in [0.5, 0.6) is 0 Å². The summed E-state index contributed by atoms with van der Waals surface area (Å²) in [5.41, 5.74) is 1.70. The summed E-state index contributed by atoms with van der Waals surface area (Å²) >= 11 is 0. The number of pyridine rings is 1. The first-order chi connectivity index (χ1) is 15.5. The van der Waals surface area contributed by atoms with Gasteiger partial charge in [0.2, 0.25) is 0 Å². The Morgan fingerprint density at radius 3 is 1.94 bits per heavy atom. The molecule has 3 aromatic carbocycles. The second-order valence-electron chi connectivity index (χ2n) is 10.9. The number of hydrogen-bond acceptors (Lipinski definition) is 3. The van der Waals surface area contributed by atoms with Gasteiger partial charge in [0.05, 0.1) is 12.2 Å². The van der Waals surface area contributed by atoms with Gasteiger partial charge in [-0.25, -0.2) is 0 Å². The van der Waals surface area contributed by atoms with E-state index in [9.17, 15) is 10.2 Å². The fourth-order valence-corrected chi connectivity index (χ4v) is 3.53. The van der Waals surface area contributed by atoms with Crippen LogP contribution < -0.4 is 0 Å². The largest absolute Gasteiger partial charge is 0.392 e. The Bertz CT molecular complexity index is 1180. The van der Waals surface area contributed by atoms with Crippen LogP contribution in [0, 0.1) is 16.9 Å². The van der Waals surface area contributed by atoms with Gasteiger partial charge in [0.25, 0.3) is 0 Å². The van der Waals surface area contributed by atoms with Crippen LogP contribution in [0.2, 0.25) is 0 Å². The molecule has 0 saturated carbocycles. The summed E-state index contributed by atoms with van der Waals surface area (Å²) in [5, 5.41) is 24.5. The van der Waals surface area contributed by atoms with Crippen molar-refractivity contribution in [2.24, 2.45) is 10.8 Å². The predicted octanol–water partition coefficient (Wildman–Crippen LogP) is 7.04. The molecular formula is C30H36IrNO2-. The number of aliphatic hydroxyl groups excluding tert-OH is 2. The van der Waals surface area contributed by atoms with Crippen molar-refractivity contribution in [1.82, 2.24) is 4.98 Å². The number of rotatable bonds is 3. The maximum atomic E-state index is 9.76. The first-order valence-corrected chi connectivity index (χ1v) is 11.6. The quantitative estimate of drug-likeness (QED) is 0.188. The Labute approximate surface area is 217 Å². The molecule has 183 valence electrons. The van der Waals surface area contributed by atoms with Gasteiger partial charge in [-0.15, -0.1) is 23.8 Å². The van der Waals surface area contributed by atoms with E-state index in [1.54, 1.807) is 0 Å². The van der Waals surface area contributed by atoms with Crippen molar-refractivity contribution in [2.75, 3.05) is 0 Å². The van der Waals surface area contributed by atoms with Crippen LogP contribution in [0.4, 0.5) is 0 Å². The minimum Gasteiger partial charge on any atom is -0.392 e. The number of aromatic nitrogens is 1. The van der Waals surface area contributed by atoms with E-state index < -0.39 is 12.2 Å². The standard InChI is InChI=1S/C19H12N.C11H24O2.Ir/c1-2-6-17-14(5-1)8-9-15-10-11-16(13-18(15)17)19-7-3-4-12-20-19;1-10(2,3)8(12)7-9(13)11(4,5)6;/h1-10,12-13H;8-9,12-13H,7H2,1-6H3;/q-1;;. The zero-order chi connectivity index (χ0) is 24.2. The molecule has 4 heteroatoms. The molecule has 0 spiro atoms. The van der Waals surface area contributed by atoms with E-state index in [-0.39, 0.29) is 30.9 Å². The van der Waals surface area contributed by atoms with Crippen molar-refractivity contribution < 1.29 is 30.3 Å². The Morgan fingerprint density at radius 1 is 0.765 bits per heavy atom. The van der Waals surface area contributed by atoms with Gasteiger partial charge in [-0.1, -0.05) is 101 Å². The SMILES string of the molecule is CC(C)(C)C(O)CC(O)C(C)(C)C.[Ir].[c-]1cc2ccc3ccccc3c2cc1-c1ccccn1. The Balaban J connectivity index is 0.000000258. The number of aliphatic hydroxyl groups is 2. The molecule has 4 aromatic rings. The zero-order valence-electron chi connectivity index (χ0n) is 21.0. The van der Waals surface area contributed by atoms with E-state index in [1.165, 1.54) is 21.5 Å². The van der Waals surface area contributed by atoms with Crippen molar-refractivity contribution in [2.45, 2.75) is 60.2 Å². The maximum absolute atomic E-state index is 9.76. The summed E-state index contributed by atoms with van der Waals surface area (Å²) in [4.78, 5) is 4.40. The van der Waals surface area contributed by atoms with E-state index in [0.717, 1.165) is 11.3 Å². The van der Waals surface area contributed by atoms with Crippen LogP contribution >= 0.6 is 0 Å². The monoisotopic (exact) mass is 635 g/mol. The third-order valence-corrected chi connectivity index (χ3v) is 6.06. The number of benzene rings is 3. The molecule has 0 saturated heterocycles. The van der Waals surface area contributed by atoms with Gasteiger partial charge in [-0.3, -0.25) is 0 Å². The summed E-state index contributed by atoms with van der Waals surface area (Å²) in [6.07, 6.45) is 1.38. The van der Waals surface area contributed by atoms with E-state index >= 15 is 0 Å². The van der Waals surface area contributed by atoms with Gasteiger partial charge in [0.1, 0.15) is 0 Å². The molecule has 2 N–H and O–H groups in total. The van der Waals surface area contributed by atoms with Crippen LogP contribution in [0.1, 0.15) is 48.0 Å². The van der Waals surface area contributed by atoms with Crippen LogP contribution in [0.15, 0.2) is 72.9 Å². The fraction of sp³-hybridized carbons (Fsp3) is 0.367. The topological polar surface area (TPSA) is 53.4 Å². The van der Waals surface area contributed by atoms with Gasteiger partial charge < -0.3 is 15.2 Å². The molecule has 0 aliphatic rings. The molecule has 0 amide bonds. The molecule has 1 radical (unpaired) electrons. The molecule has 2 unspecified atom stereocenters. The second-order valence-corrected chi connectivity index (χ2v) is 10.9. The Hall–Kier alpha value is -2.10. The molecular weight excluding hydrogens is 599 g/mol. The van der Waals surface area contributed by atoms with Crippen molar-refractivity contribution in [1.29, 1.82) is 0 Å². The van der Waals surface area contributed by atoms with E-state index in [4.69, 9.17) is 0 Å². The average molecular weight is 635 g/mol. The minimum absolute atomic E-state index is 0. The van der Waals surface area contributed by atoms with Crippen LogP contribution in [-0.4, -0.2) is 27.4 Å². The molecule has 0 fully saturated rings. The molecule has 3 nitrogen and oxygen atoms in total. The molecule has 1 aromatic heterocycles. The van der Waals surface area contributed by atoms with Crippen LogP contribution in [0.25, 0.3) is 32.8 Å². The second kappa shape index (κ2) is 11.6. The molecule has 4 rings (SSSR count). The summed E-state index contributed by atoms with van der Waals surface area (Å²) in [6.45, 7) is 11.9. The number of nitrogens with zero attached hydrogens (tertiary/aromatic N) is 1. The van der Waals surface area contributed by atoms with E-state index in [0.29, 0.717) is 6.42 Å². The summed E-state index contributed by atoms with van der Waals surface area (Å²) in [6, 6.07) is 26.3. The van der Waals surface area contributed by atoms with Crippen LogP contribution in [0.3, 0.4) is 0 Å². The fourth-order valence-electron chi connectivity index (χ4n) is 3.53. The van der Waals surface area contributed by atoms with E-state index in [1.807, 2.05) is 72.0 Å². The zero-order valence-corrected chi connectivity index (χ0v) is 23.4. The Kier molecular flexibility index (Phi) is 9.56. The first kappa shape index (κ1) is 28.1. The van der Waals surface area contributed by atoms with Crippen molar-refractivity contribution in [3.05, 3.63) is 79.0 Å². The molecule has 0 bridgehead atoms. The Morgan fingerprint density at radius 2 is 1.35 bits per heavy atom.